The molecule has 0 aromatic rings. The quantitative estimate of drug-likeness (QED) is 0.0195. The van der Waals surface area contributed by atoms with Crippen molar-refractivity contribution >= 4 is 17.9 Å². The predicted molar refractivity (Wildman–Crippen MR) is 324 cm³/mol. The van der Waals surface area contributed by atoms with Crippen LogP contribution in [0.1, 0.15) is 245 Å². The first-order valence-corrected chi connectivity index (χ1v) is 31.0. The van der Waals surface area contributed by atoms with Crippen LogP contribution in [-0.4, -0.2) is 82.3 Å². The molecule has 0 fully saturated rings. The Morgan fingerprint density at radius 2 is 0.740 bits per heavy atom. The maximum Gasteiger partial charge on any atom is 0.306 e. The molecule has 9 nitrogen and oxygen atoms in total. The Balaban J connectivity index is 4.11. The number of ether oxygens (including phenoxy) is 4. The van der Waals surface area contributed by atoms with E-state index in [2.05, 4.69) is 123 Å². The number of unbranched alkanes of at least 4 members (excludes halogenated alkanes) is 23. The Bertz CT molecular complexity index is 1630. The number of rotatable bonds is 56. The van der Waals surface area contributed by atoms with Gasteiger partial charge in [0.2, 0.25) is 0 Å². The Hall–Kier alpha value is -4.05. The van der Waals surface area contributed by atoms with Crippen molar-refractivity contribution in [3.8, 4) is 0 Å². The standard InChI is InChI=1S/C68H115NO8/c1-6-8-10-12-14-16-18-20-22-23-24-25-26-27-28-29-30-31-32-33-34-35-36-37-38-39-40-41-42-43-45-47-49-51-53-55-57-59-66(71)77-64(63-76-68(67(72)73)74-61-60-69(3,4)5)62-75-65(70)58-56-54-52-50-48-46-44-21-19-17-15-13-11-9-7-2/h8,10,14-17,20-22,24-25,27-28,30-31,33-34,44,64,68H,6-7,9,11-13,18-19,23,26,29,32,35-43,45-63H2,1-5H3/b10-8-,16-14-,17-15-,22-20-,25-24-,28-27-,31-30-,34-33-,44-21-. The fraction of sp³-hybridized carbons (Fsp3) is 0.691. The number of hydrogen-bond donors (Lipinski definition) is 0. The number of nitrogens with zero attached hydrogens (tertiary/aromatic N) is 1. The number of aliphatic carboxylic acids is 1. The summed E-state index contributed by atoms with van der Waals surface area (Å²) in [4.78, 5) is 37.3. The molecule has 0 aromatic heterocycles. The van der Waals surface area contributed by atoms with Gasteiger partial charge < -0.3 is 33.3 Å². The van der Waals surface area contributed by atoms with Crippen molar-refractivity contribution in [2.24, 2.45) is 0 Å². The molecular weight excluding hydrogens is 959 g/mol. The third-order valence-corrected chi connectivity index (χ3v) is 13.0. The molecule has 9 heteroatoms. The van der Waals surface area contributed by atoms with Crippen LogP contribution in [0.15, 0.2) is 109 Å². The first-order valence-electron chi connectivity index (χ1n) is 31.0. The van der Waals surface area contributed by atoms with Crippen LogP contribution in [0.25, 0.3) is 0 Å². The molecule has 0 aliphatic carbocycles. The minimum atomic E-state index is -1.63. The number of carbonyl (C=O) groups is 3. The predicted octanol–water partition coefficient (Wildman–Crippen LogP) is 17.3. The topological polar surface area (TPSA) is 111 Å². The third kappa shape index (κ3) is 59.5. The number of esters is 2. The zero-order valence-electron chi connectivity index (χ0n) is 50.0. The molecule has 0 bridgehead atoms. The van der Waals surface area contributed by atoms with E-state index in [-0.39, 0.29) is 38.6 Å². The number of likely N-dealkylation sites (N-methyl/N-ethyl adjacent to an activating group) is 1. The normalized spacial score (nSPS) is 13.5. The largest absolute Gasteiger partial charge is 0.545 e. The van der Waals surface area contributed by atoms with Gasteiger partial charge in [-0.1, -0.05) is 239 Å². The van der Waals surface area contributed by atoms with Crippen LogP contribution in [0.3, 0.4) is 0 Å². The maximum absolute atomic E-state index is 12.9. The highest BCUT2D eigenvalue weighted by molar-refractivity contribution is 5.70. The highest BCUT2D eigenvalue weighted by Crippen LogP contribution is 2.16. The average molecular weight is 1070 g/mol. The van der Waals surface area contributed by atoms with Gasteiger partial charge in [-0.2, -0.15) is 0 Å². The van der Waals surface area contributed by atoms with Crippen molar-refractivity contribution in [2.45, 2.75) is 257 Å². The highest BCUT2D eigenvalue weighted by Gasteiger charge is 2.22. The van der Waals surface area contributed by atoms with E-state index in [9.17, 15) is 19.5 Å². The van der Waals surface area contributed by atoms with E-state index in [1.54, 1.807) is 0 Å². The van der Waals surface area contributed by atoms with Gasteiger partial charge in [0, 0.05) is 12.8 Å². The van der Waals surface area contributed by atoms with Crippen LogP contribution in [-0.2, 0) is 33.3 Å². The highest BCUT2D eigenvalue weighted by atomic mass is 16.7. The summed E-state index contributed by atoms with van der Waals surface area (Å²) in [5.74, 6) is -2.30. The van der Waals surface area contributed by atoms with Gasteiger partial charge in [-0.25, -0.2) is 0 Å². The Morgan fingerprint density at radius 3 is 1.10 bits per heavy atom. The third-order valence-electron chi connectivity index (χ3n) is 13.0. The molecular formula is C68H115NO8. The zero-order valence-corrected chi connectivity index (χ0v) is 50.0. The first-order chi connectivity index (χ1) is 37.6. The second-order valence-corrected chi connectivity index (χ2v) is 21.6. The molecule has 0 spiro atoms. The number of carbonyl (C=O) groups excluding carboxylic acids is 3. The molecule has 0 saturated carbocycles. The van der Waals surface area contributed by atoms with E-state index in [0.717, 1.165) is 109 Å². The molecule has 0 aliphatic rings. The summed E-state index contributed by atoms with van der Waals surface area (Å²) < 4.78 is 22.7. The van der Waals surface area contributed by atoms with E-state index in [1.165, 1.54) is 103 Å². The molecule has 0 heterocycles. The summed E-state index contributed by atoms with van der Waals surface area (Å²) in [5, 5.41) is 11.8. The van der Waals surface area contributed by atoms with Crippen LogP contribution in [0.5, 0.6) is 0 Å². The van der Waals surface area contributed by atoms with Crippen LogP contribution in [0.2, 0.25) is 0 Å². The minimum absolute atomic E-state index is 0.142. The molecule has 0 saturated heterocycles. The summed E-state index contributed by atoms with van der Waals surface area (Å²) in [7, 11) is 5.91. The van der Waals surface area contributed by atoms with Crippen LogP contribution >= 0.6 is 0 Å². The lowest BCUT2D eigenvalue weighted by Gasteiger charge is -2.26. The fourth-order valence-corrected chi connectivity index (χ4v) is 8.25. The van der Waals surface area contributed by atoms with Crippen molar-refractivity contribution in [3.63, 3.8) is 0 Å². The zero-order chi connectivity index (χ0) is 56.2. The second kappa shape index (κ2) is 58.1. The monoisotopic (exact) mass is 1070 g/mol. The summed E-state index contributed by atoms with van der Waals surface area (Å²) in [5.41, 5.74) is 0. The van der Waals surface area contributed by atoms with E-state index >= 15 is 0 Å². The van der Waals surface area contributed by atoms with Gasteiger partial charge in [-0.3, -0.25) is 9.59 Å². The molecule has 2 unspecified atom stereocenters. The van der Waals surface area contributed by atoms with Crippen molar-refractivity contribution in [1.29, 1.82) is 0 Å². The number of carboxylic acids is 1. The Kier molecular flexibility index (Phi) is 55.1. The van der Waals surface area contributed by atoms with E-state index < -0.39 is 24.3 Å². The molecule has 0 aromatic carbocycles. The molecule has 77 heavy (non-hydrogen) atoms. The SMILES string of the molecule is CC/C=C\C/C=C\C/C=C\C/C=C\C/C=C\C/C=C\C/C=C\CCCCCCCCCCCCCCCCCC(=O)OC(COC(=O)CCCCCCC/C=C\C/C=C\CCCCC)COC(OCC[N+](C)(C)C)C(=O)[O-]. The van der Waals surface area contributed by atoms with E-state index in [0.29, 0.717) is 17.4 Å². The number of carboxylic acid groups (broad SMARTS) is 1. The van der Waals surface area contributed by atoms with Crippen molar-refractivity contribution in [2.75, 3.05) is 47.5 Å². The van der Waals surface area contributed by atoms with Crippen molar-refractivity contribution in [1.82, 2.24) is 0 Å². The minimum Gasteiger partial charge on any atom is -0.545 e. The second-order valence-electron chi connectivity index (χ2n) is 21.6. The van der Waals surface area contributed by atoms with Gasteiger partial charge in [0.1, 0.15) is 13.2 Å². The number of quaternary nitrogens is 1. The molecule has 440 valence electrons. The van der Waals surface area contributed by atoms with Gasteiger partial charge in [0.05, 0.1) is 40.3 Å². The molecule has 0 aliphatic heterocycles. The Labute approximate surface area is 473 Å². The average Bonchev–Trinajstić information content (AvgIpc) is 3.40. The van der Waals surface area contributed by atoms with Crippen LogP contribution < -0.4 is 5.11 Å². The van der Waals surface area contributed by atoms with Gasteiger partial charge >= 0.3 is 11.9 Å². The van der Waals surface area contributed by atoms with Crippen molar-refractivity contribution < 1.29 is 42.9 Å². The summed E-state index contributed by atoms with van der Waals surface area (Å²) in [6, 6.07) is 0. The lowest BCUT2D eigenvalue weighted by atomic mass is 10.0. The molecule has 0 radical (unpaired) electrons. The molecule has 2 atom stereocenters. The van der Waals surface area contributed by atoms with Crippen LogP contribution in [0.4, 0.5) is 0 Å². The lowest BCUT2D eigenvalue weighted by Crippen LogP contribution is -2.44. The van der Waals surface area contributed by atoms with Gasteiger partial charge in [0.15, 0.2) is 12.4 Å². The molecule has 0 amide bonds. The lowest BCUT2D eigenvalue weighted by molar-refractivity contribution is -0.870. The smallest absolute Gasteiger partial charge is 0.306 e. The van der Waals surface area contributed by atoms with Gasteiger partial charge in [-0.15, -0.1) is 0 Å². The van der Waals surface area contributed by atoms with Crippen molar-refractivity contribution in [3.05, 3.63) is 109 Å². The maximum atomic E-state index is 12.9. The summed E-state index contributed by atoms with van der Waals surface area (Å²) in [6.07, 6.45) is 77.2. The van der Waals surface area contributed by atoms with Crippen LogP contribution in [0, 0.1) is 0 Å². The Morgan fingerprint density at radius 1 is 0.403 bits per heavy atom. The number of allylic oxidation sites excluding steroid dienone is 18. The van der Waals surface area contributed by atoms with Gasteiger partial charge in [0.25, 0.3) is 0 Å². The first kappa shape index (κ1) is 73.0. The van der Waals surface area contributed by atoms with E-state index in [4.69, 9.17) is 18.9 Å². The fourth-order valence-electron chi connectivity index (χ4n) is 8.25. The van der Waals surface area contributed by atoms with E-state index in [1.807, 2.05) is 21.1 Å². The summed E-state index contributed by atoms with van der Waals surface area (Å²) in [6.45, 7) is 4.59. The molecule has 0 rings (SSSR count). The van der Waals surface area contributed by atoms with Gasteiger partial charge in [-0.05, 0) is 103 Å². The molecule has 0 N–H and O–H groups in total. The number of hydrogen-bond acceptors (Lipinski definition) is 8. The summed E-state index contributed by atoms with van der Waals surface area (Å²) >= 11 is 0.